The molecule has 0 spiro atoms. The van der Waals surface area contributed by atoms with Crippen LogP contribution < -0.4 is 10.1 Å². The minimum absolute atomic E-state index is 0.0945. The number of carbonyl (C=O) groups excluding carboxylic acids is 2. The number of carbonyl (C=O) groups is 2. The van der Waals surface area contributed by atoms with Gasteiger partial charge < -0.3 is 19.2 Å². The number of hydrogen-bond donors (Lipinski definition) is 1. The first-order valence-corrected chi connectivity index (χ1v) is 8.20. The average Bonchev–Trinajstić information content (AvgIpc) is 3.20. The van der Waals surface area contributed by atoms with Crippen molar-refractivity contribution in [3.63, 3.8) is 0 Å². The third-order valence-electron chi connectivity index (χ3n) is 3.87. The van der Waals surface area contributed by atoms with E-state index in [1.807, 2.05) is 36.4 Å². The van der Waals surface area contributed by atoms with Gasteiger partial charge in [0.15, 0.2) is 5.76 Å². The first kappa shape index (κ1) is 17.5. The maximum atomic E-state index is 11.8. The van der Waals surface area contributed by atoms with Crippen LogP contribution >= 0.6 is 0 Å². The minimum atomic E-state index is -0.375. The van der Waals surface area contributed by atoms with Crippen LogP contribution in [-0.2, 0) is 16.1 Å². The molecule has 1 aromatic heterocycles. The standard InChI is InChI=1S/C20H19NO5/c1-24-17-7-6-15-11-14(4-5-16(15)12-17)13-26-19(22)8-9-21-20(23)18-3-2-10-25-18/h2-7,10-12H,8-9,13H2,1H3,(H,21,23). The Morgan fingerprint density at radius 1 is 1.08 bits per heavy atom. The quantitative estimate of drug-likeness (QED) is 0.660. The van der Waals surface area contributed by atoms with E-state index >= 15 is 0 Å². The van der Waals surface area contributed by atoms with Crippen LogP contribution in [-0.4, -0.2) is 25.5 Å². The second-order valence-electron chi connectivity index (χ2n) is 5.69. The van der Waals surface area contributed by atoms with Gasteiger partial charge >= 0.3 is 5.97 Å². The fourth-order valence-corrected chi connectivity index (χ4v) is 2.50. The van der Waals surface area contributed by atoms with E-state index in [-0.39, 0.29) is 37.2 Å². The second kappa shape index (κ2) is 8.20. The van der Waals surface area contributed by atoms with E-state index in [0.29, 0.717) is 0 Å². The Labute approximate surface area is 150 Å². The summed E-state index contributed by atoms with van der Waals surface area (Å²) in [6.45, 7) is 0.378. The number of nitrogens with one attached hydrogen (secondary N) is 1. The number of ether oxygens (including phenoxy) is 2. The van der Waals surface area contributed by atoms with Crippen LogP contribution in [0.5, 0.6) is 5.75 Å². The molecule has 2 aromatic carbocycles. The zero-order valence-corrected chi connectivity index (χ0v) is 14.4. The van der Waals surface area contributed by atoms with Crippen molar-refractivity contribution >= 4 is 22.6 Å². The van der Waals surface area contributed by atoms with E-state index in [2.05, 4.69) is 5.32 Å². The van der Waals surface area contributed by atoms with Gasteiger partial charge in [-0.3, -0.25) is 9.59 Å². The zero-order valence-electron chi connectivity index (χ0n) is 14.4. The maximum absolute atomic E-state index is 11.8. The molecule has 6 heteroatoms. The van der Waals surface area contributed by atoms with Crippen molar-refractivity contribution in [2.45, 2.75) is 13.0 Å². The summed E-state index contributed by atoms with van der Waals surface area (Å²) in [6.07, 6.45) is 1.51. The van der Waals surface area contributed by atoms with Gasteiger partial charge in [0.05, 0.1) is 19.8 Å². The number of hydrogen-bond acceptors (Lipinski definition) is 5. The molecule has 26 heavy (non-hydrogen) atoms. The summed E-state index contributed by atoms with van der Waals surface area (Å²) in [5.74, 6) is 0.284. The van der Waals surface area contributed by atoms with E-state index in [0.717, 1.165) is 22.1 Å². The van der Waals surface area contributed by atoms with Crippen LogP contribution in [0.4, 0.5) is 0 Å². The van der Waals surface area contributed by atoms with Gasteiger partial charge in [0.2, 0.25) is 0 Å². The van der Waals surface area contributed by atoms with Gasteiger partial charge in [0.1, 0.15) is 12.4 Å². The van der Waals surface area contributed by atoms with Gasteiger partial charge in [0, 0.05) is 6.54 Å². The summed E-state index contributed by atoms with van der Waals surface area (Å²) >= 11 is 0. The molecule has 1 amide bonds. The lowest BCUT2D eigenvalue weighted by Gasteiger charge is -2.08. The topological polar surface area (TPSA) is 77.8 Å². The molecular weight excluding hydrogens is 334 g/mol. The van der Waals surface area contributed by atoms with Crippen molar-refractivity contribution in [3.05, 3.63) is 66.1 Å². The fourth-order valence-electron chi connectivity index (χ4n) is 2.50. The Kier molecular flexibility index (Phi) is 5.53. The zero-order chi connectivity index (χ0) is 18.4. The van der Waals surface area contributed by atoms with Crippen LogP contribution in [0.25, 0.3) is 10.8 Å². The third-order valence-corrected chi connectivity index (χ3v) is 3.87. The summed E-state index contributed by atoms with van der Waals surface area (Å²) in [7, 11) is 1.63. The smallest absolute Gasteiger partial charge is 0.307 e. The first-order valence-electron chi connectivity index (χ1n) is 8.20. The highest BCUT2D eigenvalue weighted by Gasteiger charge is 2.09. The molecule has 0 fully saturated rings. The molecule has 134 valence electrons. The lowest BCUT2D eigenvalue weighted by molar-refractivity contribution is -0.144. The lowest BCUT2D eigenvalue weighted by Crippen LogP contribution is -2.26. The molecule has 0 aliphatic rings. The van der Waals surface area contributed by atoms with Crippen molar-refractivity contribution < 1.29 is 23.5 Å². The number of fused-ring (bicyclic) bond motifs is 1. The van der Waals surface area contributed by atoms with Crippen molar-refractivity contribution in [1.29, 1.82) is 0 Å². The van der Waals surface area contributed by atoms with Crippen LogP contribution in [0.1, 0.15) is 22.5 Å². The molecule has 3 rings (SSSR count). The van der Waals surface area contributed by atoms with Crippen molar-refractivity contribution in [1.82, 2.24) is 5.32 Å². The predicted octanol–water partition coefficient (Wildman–Crippen LogP) is 3.30. The number of furan rings is 1. The molecule has 0 saturated carbocycles. The maximum Gasteiger partial charge on any atom is 0.307 e. The molecule has 0 aliphatic heterocycles. The lowest BCUT2D eigenvalue weighted by atomic mass is 10.1. The van der Waals surface area contributed by atoms with E-state index < -0.39 is 0 Å². The van der Waals surface area contributed by atoms with E-state index in [1.54, 1.807) is 19.2 Å². The van der Waals surface area contributed by atoms with Gasteiger partial charge in [-0.05, 0) is 46.7 Å². The highest BCUT2D eigenvalue weighted by molar-refractivity contribution is 5.91. The molecule has 1 N–H and O–H groups in total. The largest absolute Gasteiger partial charge is 0.497 e. The van der Waals surface area contributed by atoms with Crippen molar-refractivity contribution in [2.75, 3.05) is 13.7 Å². The number of esters is 1. The monoisotopic (exact) mass is 353 g/mol. The Hall–Kier alpha value is -3.28. The number of benzene rings is 2. The number of rotatable bonds is 7. The first-order chi connectivity index (χ1) is 12.7. The van der Waals surface area contributed by atoms with E-state index in [4.69, 9.17) is 13.9 Å². The van der Waals surface area contributed by atoms with Gasteiger partial charge in [-0.1, -0.05) is 18.2 Å². The van der Waals surface area contributed by atoms with Crippen molar-refractivity contribution in [2.24, 2.45) is 0 Å². The second-order valence-corrected chi connectivity index (χ2v) is 5.69. The summed E-state index contributed by atoms with van der Waals surface area (Å²) in [5.41, 5.74) is 0.899. The van der Waals surface area contributed by atoms with Gasteiger partial charge in [-0.15, -0.1) is 0 Å². The van der Waals surface area contributed by atoms with Crippen molar-refractivity contribution in [3.8, 4) is 5.75 Å². The summed E-state index contributed by atoms with van der Waals surface area (Å²) in [6, 6.07) is 14.8. The SMILES string of the molecule is COc1ccc2cc(COC(=O)CCNC(=O)c3ccco3)ccc2c1. The van der Waals surface area contributed by atoms with Gasteiger partial charge in [0.25, 0.3) is 5.91 Å². The van der Waals surface area contributed by atoms with Gasteiger partial charge in [-0.2, -0.15) is 0 Å². The van der Waals surface area contributed by atoms with Crippen LogP contribution in [0.3, 0.4) is 0 Å². The third kappa shape index (κ3) is 4.42. The highest BCUT2D eigenvalue weighted by atomic mass is 16.5. The molecule has 0 radical (unpaired) electrons. The van der Waals surface area contributed by atoms with E-state index in [1.165, 1.54) is 6.26 Å². The summed E-state index contributed by atoms with van der Waals surface area (Å²) in [5, 5.41) is 4.71. The average molecular weight is 353 g/mol. The fraction of sp³-hybridized carbons (Fsp3) is 0.200. The normalized spacial score (nSPS) is 10.5. The summed E-state index contributed by atoms with van der Waals surface area (Å²) in [4.78, 5) is 23.5. The van der Waals surface area contributed by atoms with E-state index in [9.17, 15) is 9.59 Å². The molecule has 0 saturated heterocycles. The Morgan fingerprint density at radius 3 is 2.65 bits per heavy atom. The summed E-state index contributed by atoms with van der Waals surface area (Å²) < 4.78 is 15.4. The van der Waals surface area contributed by atoms with Crippen LogP contribution in [0.15, 0.2) is 59.2 Å². The van der Waals surface area contributed by atoms with Crippen LogP contribution in [0.2, 0.25) is 0 Å². The molecule has 0 bridgehead atoms. The Morgan fingerprint density at radius 2 is 1.88 bits per heavy atom. The molecule has 3 aromatic rings. The Balaban J connectivity index is 1.46. The predicted molar refractivity (Wildman–Crippen MR) is 96.0 cm³/mol. The molecule has 0 atom stereocenters. The minimum Gasteiger partial charge on any atom is -0.497 e. The number of amides is 1. The molecule has 0 unspecified atom stereocenters. The highest BCUT2D eigenvalue weighted by Crippen LogP contribution is 2.22. The molecule has 6 nitrogen and oxygen atoms in total. The van der Waals surface area contributed by atoms with Crippen LogP contribution in [0, 0.1) is 0 Å². The number of methoxy groups -OCH3 is 1. The molecule has 1 heterocycles. The molecule has 0 aliphatic carbocycles. The Bertz CT molecular complexity index is 902. The van der Waals surface area contributed by atoms with Gasteiger partial charge in [-0.25, -0.2) is 0 Å². The molecular formula is C20H19NO5.